The van der Waals surface area contributed by atoms with Crippen LogP contribution in [0.25, 0.3) is 0 Å². The van der Waals surface area contributed by atoms with E-state index >= 15 is 0 Å². The van der Waals surface area contributed by atoms with E-state index in [9.17, 15) is 4.79 Å². The highest BCUT2D eigenvalue weighted by Crippen LogP contribution is 2.34. The molecule has 0 heterocycles. The molecule has 0 aromatic heterocycles. The number of ether oxygens (including phenoxy) is 3. The summed E-state index contributed by atoms with van der Waals surface area (Å²) in [6, 6.07) is 21.7. The van der Waals surface area contributed by atoms with E-state index in [2.05, 4.69) is 21.2 Å². The van der Waals surface area contributed by atoms with Gasteiger partial charge < -0.3 is 14.2 Å². The fourth-order valence-electron chi connectivity index (χ4n) is 3.08. The lowest BCUT2D eigenvalue weighted by Crippen LogP contribution is -2.13. The smallest absolute Gasteiger partial charge is 0.342 e. The molecule has 0 amide bonds. The predicted molar refractivity (Wildman–Crippen MR) is 134 cm³/mol. The van der Waals surface area contributed by atoms with Gasteiger partial charge in [0.1, 0.15) is 36.9 Å². The Hall–Kier alpha value is -2.19. The minimum absolute atomic E-state index is 0.353. The minimum Gasteiger partial charge on any atom is -0.488 e. The molecule has 4 nitrogen and oxygen atoms in total. The zero-order chi connectivity index (χ0) is 22.1. The van der Waals surface area contributed by atoms with Crippen molar-refractivity contribution in [2.24, 2.45) is 0 Å². The average Bonchev–Trinajstić information content (AvgIpc) is 2.80. The van der Waals surface area contributed by atoms with Gasteiger partial charge in [-0.25, -0.2) is 4.79 Å². The van der Waals surface area contributed by atoms with Gasteiger partial charge in [0.15, 0.2) is 0 Å². The molecule has 3 aromatic carbocycles. The molecule has 3 aromatic rings. The van der Waals surface area contributed by atoms with Gasteiger partial charge in [-0.05, 0) is 57.3 Å². The Kier molecular flexibility index (Phi) is 9.09. The van der Waals surface area contributed by atoms with Gasteiger partial charge >= 0.3 is 5.97 Å². The molecule has 0 unspecified atom stereocenters. The molecule has 0 saturated carbocycles. The Labute approximate surface area is 199 Å². The van der Waals surface area contributed by atoms with E-state index in [4.69, 9.17) is 14.2 Å². The molecule has 0 aliphatic carbocycles. The van der Waals surface area contributed by atoms with Crippen LogP contribution in [-0.4, -0.2) is 18.3 Å². The maximum atomic E-state index is 12.9. The van der Waals surface area contributed by atoms with Gasteiger partial charge in [0.05, 0.1) is 0 Å². The molecule has 0 N–H and O–H groups in total. The van der Waals surface area contributed by atoms with Crippen LogP contribution in [0.1, 0.15) is 32.6 Å². The molecule has 6 heteroatoms. The number of esters is 1. The second-order valence-electron chi connectivity index (χ2n) is 7.00. The number of benzene rings is 3. The Morgan fingerprint density at radius 2 is 1.39 bits per heavy atom. The van der Waals surface area contributed by atoms with E-state index in [0.717, 1.165) is 28.0 Å². The summed E-state index contributed by atoms with van der Waals surface area (Å²) in [5.74, 6) is 1.54. The first-order valence-electron chi connectivity index (χ1n) is 9.98. The van der Waals surface area contributed by atoms with Crippen molar-refractivity contribution in [1.82, 2.24) is 0 Å². The summed E-state index contributed by atoms with van der Waals surface area (Å²) >= 11 is 2.19. The first-order valence-corrected chi connectivity index (χ1v) is 13.5. The molecule has 0 aliphatic rings. The normalized spacial score (nSPS) is 10.5. The lowest BCUT2D eigenvalue weighted by Gasteiger charge is -2.19. The maximum Gasteiger partial charge on any atom is 0.342 e. The van der Waals surface area contributed by atoms with Gasteiger partial charge in [0, 0.05) is 11.8 Å². The highest BCUT2D eigenvalue weighted by Gasteiger charge is 2.22. The monoisotopic (exact) mass is 548 g/mol. The molecular weight excluding hydrogens is 523 g/mol. The zero-order valence-corrected chi connectivity index (χ0v) is 20.6. The summed E-state index contributed by atoms with van der Waals surface area (Å²) in [4.78, 5) is 12.9. The highest BCUT2D eigenvalue weighted by molar-refractivity contribution is 14.2. The van der Waals surface area contributed by atoms with Crippen LogP contribution in [0.4, 0.5) is 0 Å². The van der Waals surface area contributed by atoms with E-state index in [-0.39, 0.29) is 5.97 Å². The lowest BCUT2D eigenvalue weighted by molar-refractivity contribution is 0.0524. The van der Waals surface area contributed by atoms with Crippen LogP contribution in [0, 0.1) is 13.8 Å². The molecule has 31 heavy (non-hydrogen) atoms. The Morgan fingerprint density at radius 3 is 1.94 bits per heavy atom. The quantitative estimate of drug-likeness (QED) is 0.160. The van der Waals surface area contributed by atoms with Crippen molar-refractivity contribution in [3.8, 4) is 11.5 Å². The van der Waals surface area contributed by atoms with Crippen LogP contribution in [0.2, 0.25) is 0 Å². The first kappa shape index (κ1) is 23.5. The Balaban J connectivity index is 1.88. The van der Waals surface area contributed by atoms with E-state index in [1.807, 2.05) is 74.5 Å². The number of hydrogen-bond donors (Lipinski definition) is 0. The van der Waals surface area contributed by atoms with Gasteiger partial charge in [0.2, 0.25) is 0 Å². The molecule has 0 aliphatic heterocycles. The van der Waals surface area contributed by atoms with Crippen molar-refractivity contribution in [3.05, 3.63) is 94.5 Å². The second kappa shape index (κ2) is 12.0. The van der Waals surface area contributed by atoms with Crippen LogP contribution < -0.4 is 9.47 Å². The third-order valence-electron chi connectivity index (χ3n) is 4.89. The molecule has 3 rings (SSSR count). The summed E-state index contributed by atoms with van der Waals surface area (Å²) < 4.78 is 17.7. The Bertz CT molecular complexity index is 993. The summed E-state index contributed by atoms with van der Waals surface area (Å²) in [5, 5.41) is 0. The van der Waals surface area contributed by atoms with E-state index in [0.29, 0.717) is 36.9 Å². The molecule has 0 bridgehead atoms. The van der Waals surface area contributed by atoms with Gasteiger partial charge in [-0.15, -0.1) is 0 Å². The Morgan fingerprint density at radius 1 is 0.839 bits per heavy atom. The zero-order valence-electron chi connectivity index (χ0n) is 17.6. The van der Waals surface area contributed by atoms with Crippen LogP contribution >= 0.6 is 30.1 Å². The van der Waals surface area contributed by atoms with Crippen LogP contribution in [0.15, 0.2) is 66.7 Å². The summed E-state index contributed by atoms with van der Waals surface area (Å²) in [6.45, 7) is 5.01. The van der Waals surface area contributed by atoms with Crippen molar-refractivity contribution in [2.75, 3.05) is 12.4 Å². The molecule has 162 valence electrons. The average molecular weight is 548 g/mol. The molecule has 0 saturated heterocycles. The van der Waals surface area contributed by atoms with E-state index in [1.54, 1.807) is 15.0 Å². The third-order valence-corrected chi connectivity index (χ3v) is 6.53. The third kappa shape index (κ3) is 6.64. The highest BCUT2D eigenvalue weighted by atomic mass is 127. The molecule has 0 atom stereocenters. The molecule has 0 fully saturated rings. The second-order valence-corrected chi connectivity index (χ2v) is 9.49. The van der Waals surface area contributed by atoms with Crippen molar-refractivity contribution >= 4 is 36.1 Å². The van der Waals surface area contributed by atoms with Gasteiger partial charge in [-0.2, -0.15) is 0 Å². The minimum atomic E-state index is -0.372. The van der Waals surface area contributed by atoms with Crippen LogP contribution in [0.3, 0.4) is 0 Å². The fourth-order valence-corrected chi connectivity index (χ4v) is 3.77. The van der Waals surface area contributed by atoms with Gasteiger partial charge in [-0.1, -0.05) is 69.6 Å². The van der Waals surface area contributed by atoms with Crippen LogP contribution in [0.5, 0.6) is 11.5 Å². The van der Waals surface area contributed by atoms with Crippen LogP contribution in [-0.2, 0) is 18.0 Å². The van der Waals surface area contributed by atoms with Gasteiger partial charge in [0.25, 0.3) is 0 Å². The maximum absolute atomic E-state index is 12.9. The van der Waals surface area contributed by atoms with Gasteiger partial charge in [-0.3, -0.25) is 0 Å². The predicted octanol–water partition coefficient (Wildman–Crippen LogP) is 6.70. The first-order chi connectivity index (χ1) is 15.1. The largest absolute Gasteiger partial charge is 0.488 e. The van der Waals surface area contributed by atoms with Crippen molar-refractivity contribution in [3.63, 3.8) is 0 Å². The summed E-state index contributed by atoms with van der Waals surface area (Å²) in [6.07, 6.45) is 0. The summed E-state index contributed by atoms with van der Waals surface area (Å²) in [5.41, 5.74) is 4.26. The topological polar surface area (TPSA) is 44.8 Å². The van der Waals surface area contributed by atoms with Crippen molar-refractivity contribution in [2.45, 2.75) is 27.1 Å². The summed E-state index contributed by atoms with van der Waals surface area (Å²) in [7, 11) is 1.61. The van der Waals surface area contributed by atoms with E-state index < -0.39 is 0 Å². The lowest BCUT2D eigenvalue weighted by atomic mass is 10.0. The standard InChI is InChI=1S/C25H25IO4S/c1-18-19(2)24(25(27)28-13-14-31-26)23(30-17-21-11-7-4-8-12-21)15-22(18)29-16-20-9-5-3-6-10-20/h3-12,15H,13-14,16-17H2,1-2H3. The number of carbonyl (C=O) groups excluding carboxylic acids is 1. The van der Waals surface area contributed by atoms with Crippen molar-refractivity contribution < 1.29 is 19.0 Å². The SMILES string of the molecule is Cc1c(OCc2ccccc2)cc(OCc2ccccc2)c(C(=O)OCCSI)c1C. The number of hydrogen-bond acceptors (Lipinski definition) is 5. The van der Waals surface area contributed by atoms with Crippen molar-refractivity contribution in [1.29, 1.82) is 0 Å². The fraction of sp³-hybridized carbons (Fsp3) is 0.240. The molecular formula is C25H25IO4S. The van der Waals surface area contributed by atoms with E-state index in [1.165, 1.54) is 0 Å². The number of halogens is 1. The number of carbonyl (C=O) groups is 1. The molecule has 0 radical (unpaired) electrons. The molecule has 0 spiro atoms. The number of rotatable bonds is 10.